The van der Waals surface area contributed by atoms with Crippen molar-refractivity contribution in [3.05, 3.63) is 68.6 Å². The maximum Gasteiger partial charge on any atom is 0.416 e. The van der Waals surface area contributed by atoms with Crippen molar-refractivity contribution in [2.24, 2.45) is 5.92 Å². The molecule has 180 valence electrons. The molecule has 0 radical (unpaired) electrons. The predicted octanol–water partition coefficient (Wildman–Crippen LogP) is 4.50. The average Bonchev–Trinajstić information content (AvgIpc) is 3.19. The fourth-order valence-corrected chi connectivity index (χ4v) is 4.73. The van der Waals surface area contributed by atoms with Gasteiger partial charge in [-0.1, -0.05) is 13.0 Å². The number of aryl methyl sites for hydroxylation is 1. The summed E-state index contributed by atoms with van der Waals surface area (Å²) in [6.07, 6.45) is -2.17. The van der Waals surface area contributed by atoms with Crippen LogP contribution in [0.15, 0.2) is 40.5 Å². The zero-order valence-electron chi connectivity index (χ0n) is 18.7. The summed E-state index contributed by atoms with van der Waals surface area (Å²) in [6, 6.07) is 5.71. The Morgan fingerprint density at radius 1 is 1.29 bits per heavy atom. The molecule has 34 heavy (non-hydrogen) atoms. The zero-order valence-corrected chi connectivity index (χ0v) is 19.5. The van der Waals surface area contributed by atoms with Gasteiger partial charge in [-0.3, -0.25) is 19.8 Å². The van der Waals surface area contributed by atoms with Crippen molar-refractivity contribution in [2.45, 2.75) is 39.4 Å². The highest BCUT2D eigenvalue weighted by Gasteiger charge is 2.30. The van der Waals surface area contributed by atoms with E-state index in [9.17, 15) is 22.8 Å². The second-order valence-corrected chi connectivity index (χ2v) is 9.40. The van der Waals surface area contributed by atoms with Gasteiger partial charge in [0.25, 0.3) is 5.91 Å². The van der Waals surface area contributed by atoms with Gasteiger partial charge in [-0.2, -0.15) is 18.3 Å². The van der Waals surface area contributed by atoms with E-state index >= 15 is 0 Å². The molecule has 1 atom stereocenters. The molecule has 7 nitrogen and oxygen atoms in total. The van der Waals surface area contributed by atoms with Gasteiger partial charge in [0.1, 0.15) is 0 Å². The van der Waals surface area contributed by atoms with Gasteiger partial charge >= 0.3 is 6.18 Å². The van der Waals surface area contributed by atoms with Crippen LogP contribution in [0.5, 0.6) is 0 Å². The quantitative estimate of drug-likeness (QED) is 0.569. The molecule has 11 heteroatoms. The second kappa shape index (κ2) is 9.67. The first kappa shape index (κ1) is 24.1. The van der Waals surface area contributed by atoms with Crippen molar-refractivity contribution in [3.8, 4) is 5.69 Å². The number of piperidine rings is 1. The molecule has 1 amide bonds. The van der Waals surface area contributed by atoms with E-state index < -0.39 is 28.8 Å². The highest BCUT2D eigenvalue weighted by Crippen LogP contribution is 2.30. The van der Waals surface area contributed by atoms with Crippen LogP contribution < -0.4 is 10.7 Å². The molecule has 1 saturated heterocycles. The first-order valence-corrected chi connectivity index (χ1v) is 11.7. The topological polar surface area (TPSA) is 80.1 Å². The molecule has 3 aromatic rings. The van der Waals surface area contributed by atoms with E-state index in [0.29, 0.717) is 23.3 Å². The number of nitrogens with one attached hydrogen (secondary N) is 1. The number of nitrogens with zero attached hydrogens (tertiary/aromatic N) is 4. The summed E-state index contributed by atoms with van der Waals surface area (Å²) in [6.45, 7) is 6.44. The van der Waals surface area contributed by atoms with Gasteiger partial charge in [0.2, 0.25) is 5.43 Å². The van der Waals surface area contributed by atoms with Crippen molar-refractivity contribution in [1.82, 2.24) is 19.7 Å². The Morgan fingerprint density at radius 3 is 2.82 bits per heavy atom. The molecule has 0 bridgehead atoms. The third-order valence-corrected chi connectivity index (χ3v) is 6.45. The molecular weight excluding hydrogens is 467 g/mol. The number of carbonyl (C=O) groups excluding carboxylic acids is 1. The predicted molar refractivity (Wildman–Crippen MR) is 123 cm³/mol. The monoisotopic (exact) mass is 491 g/mol. The van der Waals surface area contributed by atoms with E-state index in [1.807, 2.05) is 5.38 Å². The van der Waals surface area contributed by atoms with Crippen molar-refractivity contribution >= 4 is 22.4 Å². The number of benzene rings is 1. The number of hydrogen-bond acceptors (Lipinski definition) is 6. The molecule has 1 fully saturated rings. The summed E-state index contributed by atoms with van der Waals surface area (Å²) in [5.41, 5.74) is -0.689. The van der Waals surface area contributed by atoms with E-state index in [-0.39, 0.29) is 5.69 Å². The van der Waals surface area contributed by atoms with Crippen LogP contribution in [0, 0.1) is 12.8 Å². The lowest BCUT2D eigenvalue weighted by atomic mass is 10.0. The summed E-state index contributed by atoms with van der Waals surface area (Å²) in [4.78, 5) is 32.0. The Bertz CT molecular complexity index is 1250. The molecule has 2 aromatic heterocycles. The number of halogens is 3. The first-order chi connectivity index (χ1) is 16.1. The fraction of sp³-hybridized carbons (Fsp3) is 0.391. The van der Waals surface area contributed by atoms with Crippen molar-refractivity contribution < 1.29 is 18.0 Å². The Morgan fingerprint density at radius 2 is 2.09 bits per heavy atom. The Labute approximate surface area is 198 Å². The molecule has 0 aliphatic carbocycles. The van der Waals surface area contributed by atoms with E-state index in [1.54, 1.807) is 0 Å². The number of rotatable bonds is 5. The number of thiazole rings is 1. The number of likely N-dealkylation sites (tertiary alicyclic amines) is 1. The largest absolute Gasteiger partial charge is 0.416 e. The van der Waals surface area contributed by atoms with Crippen LogP contribution in [0.25, 0.3) is 5.69 Å². The lowest BCUT2D eigenvalue weighted by molar-refractivity contribution is -0.137. The first-order valence-electron chi connectivity index (χ1n) is 10.9. The third-order valence-electron chi connectivity index (χ3n) is 5.64. The summed E-state index contributed by atoms with van der Waals surface area (Å²) < 4.78 is 40.5. The highest BCUT2D eigenvalue weighted by atomic mass is 32.1. The van der Waals surface area contributed by atoms with Crippen LogP contribution >= 0.6 is 11.3 Å². The van der Waals surface area contributed by atoms with Crippen LogP contribution in [0.3, 0.4) is 0 Å². The lowest BCUT2D eigenvalue weighted by Crippen LogP contribution is -2.33. The maximum absolute atomic E-state index is 13.1. The number of hydrogen-bond donors (Lipinski definition) is 1. The van der Waals surface area contributed by atoms with E-state index in [2.05, 4.69) is 27.2 Å². The van der Waals surface area contributed by atoms with Crippen LogP contribution in [0.4, 0.5) is 18.3 Å². The minimum Gasteiger partial charge on any atom is -0.297 e. The van der Waals surface area contributed by atoms with E-state index in [0.717, 1.165) is 42.0 Å². The van der Waals surface area contributed by atoms with Crippen LogP contribution in [-0.2, 0) is 12.7 Å². The van der Waals surface area contributed by atoms with Gasteiger partial charge in [0.05, 0.1) is 16.9 Å². The number of carbonyl (C=O) groups is 1. The molecule has 3 heterocycles. The van der Waals surface area contributed by atoms with Gasteiger partial charge in [-0.25, -0.2) is 9.67 Å². The minimum absolute atomic E-state index is 0.0914. The molecule has 4 rings (SSSR count). The SMILES string of the molecule is Cc1cc(=O)c(C(=O)Nc2nc(CN3CCCC(C)C3)cs2)nn1-c1cccc(C(F)(F)F)c1. The normalized spacial score (nSPS) is 17.0. The summed E-state index contributed by atoms with van der Waals surface area (Å²) in [7, 11) is 0. The van der Waals surface area contributed by atoms with Gasteiger partial charge < -0.3 is 0 Å². The van der Waals surface area contributed by atoms with Crippen molar-refractivity contribution in [3.63, 3.8) is 0 Å². The van der Waals surface area contributed by atoms with E-state index in [1.165, 1.54) is 42.9 Å². The smallest absolute Gasteiger partial charge is 0.297 e. The molecular formula is C23H24F3N5O2S. The summed E-state index contributed by atoms with van der Waals surface area (Å²) in [5, 5.41) is 8.85. The van der Waals surface area contributed by atoms with Crippen LogP contribution in [0.1, 0.15) is 47.2 Å². The number of alkyl halides is 3. The van der Waals surface area contributed by atoms with Gasteiger partial charge in [-0.15, -0.1) is 11.3 Å². The third kappa shape index (κ3) is 5.53. The van der Waals surface area contributed by atoms with Crippen molar-refractivity contribution in [2.75, 3.05) is 18.4 Å². The lowest BCUT2D eigenvalue weighted by Gasteiger charge is -2.30. The molecule has 1 aliphatic heterocycles. The molecule has 1 aliphatic rings. The second-order valence-electron chi connectivity index (χ2n) is 8.54. The minimum atomic E-state index is -4.53. The molecule has 1 N–H and O–H groups in total. The molecule has 0 saturated carbocycles. The Kier molecular flexibility index (Phi) is 6.85. The van der Waals surface area contributed by atoms with Gasteiger partial charge in [0, 0.05) is 30.2 Å². The Hall–Kier alpha value is -3.05. The number of aromatic nitrogens is 3. The van der Waals surface area contributed by atoms with Gasteiger partial charge in [-0.05, 0) is 50.4 Å². The summed E-state index contributed by atoms with van der Waals surface area (Å²) in [5.74, 6) is -0.128. The maximum atomic E-state index is 13.1. The zero-order chi connectivity index (χ0) is 24.5. The average molecular weight is 492 g/mol. The number of amides is 1. The van der Waals surface area contributed by atoms with Gasteiger partial charge in [0.15, 0.2) is 10.8 Å². The molecule has 0 spiro atoms. The fourth-order valence-electron chi connectivity index (χ4n) is 4.03. The van der Waals surface area contributed by atoms with Crippen LogP contribution in [0.2, 0.25) is 0 Å². The number of anilines is 1. The summed E-state index contributed by atoms with van der Waals surface area (Å²) >= 11 is 1.24. The highest BCUT2D eigenvalue weighted by molar-refractivity contribution is 7.13. The Balaban J connectivity index is 1.53. The molecule has 1 aromatic carbocycles. The van der Waals surface area contributed by atoms with Crippen LogP contribution in [-0.4, -0.2) is 38.7 Å². The standard InChI is InChI=1S/C23H24F3N5O2S/c1-14-5-4-8-30(11-14)12-17-13-34-22(27-17)28-21(33)20-19(32)9-15(2)31(29-20)18-7-3-6-16(10-18)23(24,25)26/h3,6-7,9-10,13-14H,4-5,8,11-12H2,1-2H3,(H,27,28,33). The van der Waals surface area contributed by atoms with Crippen molar-refractivity contribution in [1.29, 1.82) is 0 Å². The van der Waals surface area contributed by atoms with E-state index in [4.69, 9.17) is 0 Å². The molecule has 1 unspecified atom stereocenters.